The minimum absolute atomic E-state index is 0.0769. The van der Waals surface area contributed by atoms with E-state index in [0.717, 1.165) is 33.8 Å². The maximum Gasteiger partial charge on any atom is 0.257 e. The van der Waals surface area contributed by atoms with Crippen LogP contribution in [0.25, 0.3) is 10.9 Å². The first kappa shape index (κ1) is 12.7. The molecule has 4 heteroatoms. The molecule has 1 saturated carbocycles. The van der Waals surface area contributed by atoms with Gasteiger partial charge in [-0.3, -0.25) is 4.79 Å². The topological polar surface area (TPSA) is 31.2 Å². The van der Waals surface area contributed by atoms with Crippen LogP contribution >= 0.6 is 15.9 Å². The number of methoxy groups -OCH3 is 1. The summed E-state index contributed by atoms with van der Waals surface area (Å²) in [6.07, 6.45) is 2.18. The molecule has 3 rings (SSSR count). The molecule has 1 fully saturated rings. The first-order valence-electron chi connectivity index (χ1n) is 6.44. The Kier molecular flexibility index (Phi) is 2.93. The van der Waals surface area contributed by atoms with Crippen molar-refractivity contribution < 1.29 is 4.74 Å². The lowest BCUT2D eigenvalue weighted by Gasteiger charge is -2.17. The summed E-state index contributed by atoms with van der Waals surface area (Å²) in [5.74, 6) is 0.701. The van der Waals surface area contributed by atoms with Gasteiger partial charge in [0.1, 0.15) is 5.75 Å². The summed E-state index contributed by atoms with van der Waals surface area (Å²) in [6.45, 7) is 3.89. The molecule has 0 bridgehead atoms. The molecule has 100 valence electrons. The van der Waals surface area contributed by atoms with E-state index in [0.29, 0.717) is 17.4 Å². The number of hydrogen-bond acceptors (Lipinski definition) is 2. The third kappa shape index (κ3) is 1.81. The molecule has 1 aliphatic carbocycles. The number of benzene rings is 1. The van der Waals surface area contributed by atoms with Gasteiger partial charge in [-0.15, -0.1) is 0 Å². The zero-order valence-corrected chi connectivity index (χ0v) is 12.9. The van der Waals surface area contributed by atoms with Crippen LogP contribution in [-0.2, 0) is 0 Å². The van der Waals surface area contributed by atoms with Crippen molar-refractivity contribution in [2.45, 2.75) is 32.7 Å². The van der Waals surface area contributed by atoms with Gasteiger partial charge in [0.2, 0.25) is 0 Å². The molecule has 0 spiro atoms. The third-order valence-corrected chi connectivity index (χ3v) is 4.71. The van der Waals surface area contributed by atoms with Crippen molar-refractivity contribution in [3.05, 3.63) is 38.1 Å². The molecule has 0 radical (unpaired) electrons. The first-order chi connectivity index (χ1) is 9.06. The quantitative estimate of drug-likeness (QED) is 0.844. The molecule has 1 aromatic heterocycles. The summed E-state index contributed by atoms with van der Waals surface area (Å²) in [5, 5.41) is 1.02. The van der Waals surface area contributed by atoms with E-state index < -0.39 is 0 Å². The number of hydrogen-bond donors (Lipinski definition) is 0. The Morgan fingerprint density at radius 1 is 1.26 bits per heavy atom. The highest BCUT2D eigenvalue weighted by molar-refractivity contribution is 9.10. The van der Waals surface area contributed by atoms with Gasteiger partial charge in [0.25, 0.3) is 5.56 Å². The van der Waals surface area contributed by atoms with Gasteiger partial charge in [0, 0.05) is 15.9 Å². The van der Waals surface area contributed by atoms with Gasteiger partial charge in [-0.25, -0.2) is 0 Å². The van der Waals surface area contributed by atoms with Crippen LogP contribution in [0.1, 0.15) is 30.0 Å². The molecule has 2 aromatic rings. The second-order valence-corrected chi connectivity index (χ2v) is 5.99. The summed E-state index contributed by atoms with van der Waals surface area (Å²) >= 11 is 3.55. The number of rotatable bonds is 2. The Morgan fingerprint density at radius 2 is 1.95 bits per heavy atom. The van der Waals surface area contributed by atoms with Crippen LogP contribution in [-0.4, -0.2) is 11.7 Å². The summed E-state index contributed by atoms with van der Waals surface area (Å²) in [4.78, 5) is 12.6. The van der Waals surface area contributed by atoms with Crippen LogP contribution in [0.4, 0.5) is 0 Å². The largest absolute Gasteiger partial charge is 0.496 e. The average Bonchev–Trinajstić information content (AvgIpc) is 3.21. The van der Waals surface area contributed by atoms with Gasteiger partial charge in [0.15, 0.2) is 0 Å². The van der Waals surface area contributed by atoms with Crippen molar-refractivity contribution in [3.63, 3.8) is 0 Å². The normalized spacial score (nSPS) is 14.9. The van der Waals surface area contributed by atoms with Crippen LogP contribution in [0.5, 0.6) is 5.75 Å². The van der Waals surface area contributed by atoms with Crippen LogP contribution in [0.3, 0.4) is 0 Å². The second-order valence-electron chi connectivity index (χ2n) is 5.13. The molecule has 1 aromatic carbocycles. The molecule has 19 heavy (non-hydrogen) atoms. The average molecular weight is 322 g/mol. The van der Waals surface area contributed by atoms with E-state index in [1.165, 1.54) is 0 Å². The lowest BCUT2D eigenvalue weighted by atomic mass is 10.1. The molecular weight excluding hydrogens is 306 g/mol. The molecule has 0 unspecified atom stereocenters. The molecule has 0 atom stereocenters. The highest BCUT2D eigenvalue weighted by Gasteiger charge is 2.29. The molecule has 3 nitrogen and oxygen atoms in total. The minimum Gasteiger partial charge on any atom is -0.496 e. The van der Waals surface area contributed by atoms with Crippen LogP contribution in [0, 0.1) is 13.8 Å². The predicted octanol–water partition coefficient (Wildman–Crippen LogP) is 3.72. The molecule has 0 amide bonds. The fourth-order valence-electron chi connectivity index (χ4n) is 2.69. The Balaban J connectivity index is 2.55. The molecule has 0 N–H and O–H groups in total. The Labute approximate surface area is 120 Å². The maximum absolute atomic E-state index is 12.6. The van der Waals surface area contributed by atoms with Gasteiger partial charge >= 0.3 is 0 Å². The van der Waals surface area contributed by atoms with Crippen LogP contribution in [0.15, 0.2) is 21.4 Å². The standard InChI is InChI=1S/C15H16BrNO2/c1-8-12(16)7-6-11-13(8)17(10-4-5-10)15(18)9(2)14(11)19-3/h6-7,10H,4-5H2,1-3H3. The SMILES string of the molecule is COc1c(C)c(=O)n(C2CC2)c2c(C)c(Br)ccc12. The predicted molar refractivity (Wildman–Crippen MR) is 80.2 cm³/mol. The van der Waals surface area contributed by atoms with Crippen LogP contribution in [0.2, 0.25) is 0 Å². The van der Waals surface area contributed by atoms with E-state index in [-0.39, 0.29) is 5.56 Å². The minimum atomic E-state index is 0.0769. The fourth-order valence-corrected chi connectivity index (χ4v) is 3.01. The number of aryl methyl sites for hydroxylation is 1. The zero-order chi connectivity index (χ0) is 13.7. The molecule has 0 saturated heterocycles. The highest BCUT2D eigenvalue weighted by Crippen LogP contribution is 2.40. The lowest BCUT2D eigenvalue weighted by molar-refractivity contribution is 0.414. The van der Waals surface area contributed by atoms with Gasteiger partial charge in [-0.2, -0.15) is 0 Å². The van der Waals surface area contributed by atoms with Gasteiger partial charge in [-0.1, -0.05) is 15.9 Å². The van der Waals surface area contributed by atoms with E-state index in [1.54, 1.807) is 7.11 Å². The van der Waals surface area contributed by atoms with E-state index in [2.05, 4.69) is 15.9 Å². The van der Waals surface area contributed by atoms with E-state index in [4.69, 9.17) is 4.74 Å². The number of ether oxygens (including phenoxy) is 1. The molecule has 0 aliphatic heterocycles. The summed E-state index contributed by atoms with van der Waals surface area (Å²) in [5.41, 5.74) is 2.88. The van der Waals surface area contributed by atoms with Gasteiger partial charge < -0.3 is 9.30 Å². The van der Waals surface area contributed by atoms with Crippen molar-refractivity contribution >= 4 is 26.8 Å². The fraction of sp³-hybridized carbons (Fsp3) is 0.400. The van der Waals surface area contributed by atoms with Crippen molar-refractivity contribution in [3.8, 4) is 5.75 Å². The summed E-state index contributed by atoms with van der Waals surface area (Å²) < 4.78 is 8.44. The number of halogens is 1. The van der Waals surface area contributed by atoms with Gasteiger partial charge in [-0.05, 0) is 44.4 Å². The molecular formula is C15H16BrNO2. The van der Waals surface area contributed by atoms with Crippen molar-refractivity contribution in [2.24, 2.45) is 0 Å². The number of aromatic nitrogens is 1. The molecule has 1 heterocycles. The number of nitrogens with zero attached hydrogens (tertiary/aromatic N) is 1. The third-order valence-electron chi connectivity index (χ3n) is 3.85. The van der Waals surface area contributed by atoms with Crippen LogP contribution < -0.4 is 10.3 Å². The van der Waals surface area contributed by atoms with Crippen molar-refractivity contribution in [2.75, 3.05) is 7.11 Å². The van der Waals surface area contributed by atoms with E-state index >= 15 is 0 Å². The Bertz CT molecular complexity index is 729. The second kappa shape index (κ2) is 4.37. The number of fused-ring (bicyclic) bond motifs is 1. The first-order valence-corrected chi connectivity index (χ1v) is 7.23. The van der Waals surface area contributed by atoms with E-state index in [1.807, 2.05) is 30.5 Å². The zero-order valence-electron chi connectivity index (χ0n) is 11.3. The monoisotopic (exact) mass is 321 g/mol. The summed E-state index contributed by atoms with van der Waals surface area (Å²) in [7, 11) is 1.63. The van der Waals surface area contributed by atoms with Gasteiger partial charge in [0.05, 0.1) is 18.2 Å². The van der Waals surface area contributed by atoms with E-state index in [9.17, 15) is 4.79 Å². The smallest absolute Gasteiger partial charge is 0.257 e. The maximum atomic E-state index is 12.6. The Hall–Kier alpha value is -1.29. The number of pyridine rings is 1. The Morgan fingerprint density at radius 3 is 2.53 bits per heavy atom. The highest BCUT2D eigenvalue weighted by atomic mass is 79.9. The lowest BCUT2D eigenvalue weighted by Crippen LogP contribution is -2.23. The summed E-state index contributed by atoms with van der Waals surface area (Å²) in [6, 6.07) is 4.39. The van der Waals surface area contributed by atoms with Crippen molar-refractivity contribution in [1.29, 1.82) is 0 Å². The van der Waals surface area contributed by atoms with Crippen molar-refractivity contribution in [1.82, 2.24) is 4.57 Å². The molecule has 1 aliphatic rings.